The number of benzene rings is 3. The van der Waals surface area contributed by atoms with Crippen LogP contribution in [0.25, 0.3) is 22.2 Å². The molecule has 0 fully saturated rings. The molecule has 0 bridgehead atoms. The van der Waals surface area contributed by atoms with Crippen molar-refractivity contribution in [2.45, 2.75) is 25.5 Å². The maximum atomic E-state index is 4.80. The Morgan fingerprint density at radius 2 is 1.62 bits per heavy atom. The zero-order valence-corrected chi connectivity index (χ0v) is 16.0. The van der Waals surface area contributed by atoms with Crippen molar-refractivity contribution in [3.8, 4) is 11.1 Å². The van der Waals surface area contributed by atoms with Crippen LogP contribution in [0.2, 0.25) is 0 Å². The van der Waals surface area contributed by atoms with Gasteiger partial charge in [0.05, 0.1) is 17.6 Å². The van der Waals surface area contributed by atoms with Gasteiger partial charge in [0.2, 0.25) is 0 Å². The first-order chi connectivity index (χ1) is 12.8. The minimum atomic E-state index is 0.844. The van der Waals surface area contributed by atoms with Crippen LogP contribution in [0.1, 0.15) is 18.1 Å². The van der Waals surface area contributed by atoms with Crippen molar-refractivity contribution < 1.29 is 0 Å². The van der Waals surface area contributed by atoms with Crippen LogP contribution < -0.4 is 0 Å². The van der Waals surface area contributed by atoms with Gasteiger partial charge < -0.3 is 4.57 Å². The van der Waals surface area contributed by atoms with E-state index in [1.54, 1.807) is 11.8 Å². The average Bonchev–Trinajstić information content (AvgIpc) is 3.01. The summed E-state index contributed by atoms with van der Waals surface area (Å²) in [6.45, 7) is 5.18. The summed E-state index contributed by atoms with van der Waals surface area (Å²) >= 11 is 1.80. The number of nitrogens with zero attached hydrogens (tertiary/aromatic N) is 2. The highest BCUT2D eigenvalue weighted by molar-refractivity contribution is 7.99. The van der Waals surface area contributed by atoms with Crippen LogP contribution >= 0.6 is 11.8 Å². The first-order valence-electron chi connectivity index (χ1n) is 8.99. The summed E-state index contributed by atoms with van der Waals surface area (Å²) in [4.78, 5) is 4.80. The molecule has 0 radical (unpaired) electrons. The monoisotopic (exact) mass is 358 g/mol. The molecule has 0 amide bonds. The zero-order chi connectivity index (χ0) is 17.9. The first kappa shape index (κ1) is 16.9. The van der Waals surface area contributed by atoms with E-state index in [-0.39, 0.29) is 0 Å². The summed E-state index contributed by atoms with van der Waals surface area (Å²) in [7, 11) is 0. The van der Waals surface area contributed by atoms with Gasteiger partial charge in [-0.3, -0.25) is 0 Å². The van der Waals surface area contributed by atoms with E-state index in [0.717, 1.165) is 23.0 Å². The normalized spacial score (nSPS) is 11.2. The summed E-state index contributed by atoms with van der Waals surface area (Å²) in [6, 6.07) is 25.8. The van der Waals surface area contributed by atoms with E-state index in [1.165, 1.54) is 27.8 Å². The molecule has 0 saturated heterocycles. The van der Waals surface area contributed by atoms with Crippen LogP contribution in [0.15, 0.2) is 78.0 Å². The highest BCUT2D eigenvalue weighted by Gasteiger charge is 2.11. The predicted molar refractivity (Wildman–Crippen MR) is 112 cm³/mol. The molecule has 0 spiro atoms. The summed E-state index contributed by atoms with van der Waals surface area (Å²) in [5.74, 6) is 1.02. The van der Waals surface area contributed by atoms with Crippen molar-refractivity contribution in [1.29, 1.82) is 0 Å². The molecule has 0 aliphatic rings. The minimum Gasteiger partial charge on any atom is -0.314 e. The molecule has 0 aliphatic carbocycles. The number of para-hydroxylation sites is 2. The van der Waals surface area contributed by atoms with E-state index in [0.29, 0.717) is 0 Å². The molecular weight excluding hydrogens is 336 g/mol. The van der Waals surface area contributed by atoms with Gasteiger partial charge in [-0.1, -0.05) is 79.3 Å². The van der Waals surface area contributed by atoms with E-state index in [4.69, 9.17) is 4.98 Å². The number of hydrogen-bond donors (Lipinski definition) is 0. The van der Waals surface area contributed by atoms with Gasteiger partial charge in [0.1, 0.15) is 0 Å². The van der Waals surface area contributed by atoms with Crippen molar-refractivity contribution in [2.24, 2.45) is 0 Å². The number of aromatic nitrogens is 2. The lowest BCUT2D eigenvalue weighted by Gasteiger charge is -2.10. The average molecular weight is 359 g/mol. The van der Waals surface area contributed by atoms with E-state index >= 15 is 0 Å². The number of imidazole rings is 1. The lowest BCUT2D eigenvalue weighted by atomic mass is 10.00. The van der Waals surface area contributed by atoms with Gasteiger partial charge in [0.25, 0.3) is 0 Å². The first-order valence-corrected chi connectivity index (χ1v) is 9.98. The molecular formula is C23H22N2S. The standard InChI is InChI=1S/C23H22N2S/c1-3-26-23-24-21-10-6-7-11-22(21)25(23)16-18-12-14-19(15-13-18)20-9-5-4-8-17(20)2/h4-15H,3,16H2,1-2H3. The second-order valence-electron chi connectivity index (χ2n) is 6.41. The van der Waals surface area contributed by atoms with Gasteiger partial charge in [-0.05, 0) is 47.1 Å². The van der Waals surface area contributed by atoms with Crippen LogP contribution in [-0.4, -0.2) is 15.3 Å². The number of thioether (sulfide) groups is 1. The van der Waals surface area contributed by atoms with Gasteiger partial charge in [-0.15, -0.1) is 0 Å². The molecule has 3 heteroatoms. The largest absolute Gasteiger partial charge is 0.314 e. The Kier molecular flexibility index (Phi) is 4.81. The zero-order valence-electron chi connectivity index (χ0n) is 15.1. The van der Waals surface area contributed by atoms with Gasteiger partial charge in [-0.2, -0.15) is 0 Å². The van der Waals surface area contributed by atoms with Crippen molar-refractivity contribution in [2.75, 3.05) is 5.75 Å². The Balaban J connectivity index is 1.67. The number of fused-ring (bicyclic) bond motifs is 1. The molecule has 1 aromatic heterocycles. The topological polar surface area (TPSA) is 17.8 Å². The van der Waals surface area contributed by atoms with Crippen LogP contribution in [0.5, 0.6) is 0 Å². The third-order valence-corrected chi connectivity index (χ3v) is 5.50. The van der Waals surface area contributed by atoms with Crippen molar-refractivity contribution >= 4 is 22.8 Å². The molecule has 4 aromatic rings. The third kappa shape index (κ3) is 3.27. The summed E-state index contributed by atoms with van der Waals surface area (Å²) < 4.78 is 2.33. The Bertz CT molecular complexity index is 1030. The molecule has 130 valence electrons. The lowest BCUT2D eigenvalue weighted by molar-refractivity contribution is 0.731. The maximum absolute atomic E-state index is 4.80. The van der Waals surface area contributed by atoms with Gasteiger partial charge >= 0.3 is 0 Å². The smallest absolute Gasteiger partial charge is 0.169 e. The molecule has 1 heterocycles. The third-order valence-electron chi connectivity index (χ3n) is 4.64. The fraction of sp³-hybridized carbons (Fsp3) is 0.174. The van der Waals surface area contributed by atoms with Crippen LogP contribution in [0.3, 0.4) is 0 Å². The van der Waals surface area contributed by atoms with Crippen molar-refractivity contribution in [1.82, 2.24) is 9.55 Å². The minimum absolute atomic E-state index is 0.844. The van der Waals surface area contributed by atoms with Crippen LogP contribution in [-0.2, 0) is 6.54 Å². The SMILES string of the molecule is CCSc1nc2ccccc2n1Cc1ccc(-c2ccccc2C)cc1. The second-order valence-corrected chi connectivity index (χ2v) is 7.65. The fourth-order valence-corrected chi connectivity index (χ4v) is 4.05. The van der Waals surface area contributed by atoms with Crippen molar-refractivity contribution in [3.63, 3.8) is 0 Å². The van der Waals surface area contributed by atoms with Crippen LogP contribution in [0.4, 0.5) is 0 Å². The summed E-state index contributed by atoms with van der Waals surface area (Å²) in [5.41, 5.74) is 7.44. The second kappa shape index (κ2) is 7.38. The van der Waals surface area contributed by atoms with Gasteiger partial charge in [-0.25, -0.2) is 4.98 Å². The molecule has 0 saturated carbocycles. The number of rotatable bonds is 5. The van der Waals surface area contributed by atoms with E-state index in [2.05, 4.69) is 91.2 Å². The molecule has 26 heavy (non-hydrogen) atoms. The van der Waals surface area contributed by atoms with Crippen molar-refractivity contribution in [3.05, 3.63) is 83.9 Å². The fourth-order valence-electron chi connectivity index (χ4n) is 3.31. The quantitative estimate of drug-likeness (QED) is 0.397. The molecule has 4 rings (SSSR count). The van der Waals surface area contributed by atoms with Gasteiger partial charge in [0.15, 0.2) is 5.16 Å². The Labute approximate surface area is 158 Å². The highest BCUT2D eigenvalue weighted by Crippen LogP contribution is 2.27. The Hall–Kier alpha value is -2.52. The number of aryl methyl sites for hydroxylation is 1. The molecule has 0 N–H and O–H groups in total. The van der Waals surface area contributed by atoms with E-state index in [9.17, 15) is 0 Å². The molecule has 2 nitrogen and oxygen atoms in total. The number of hydrogen-bond acceptors (Lipinski definition) is 2. The van der Waals surface area contributed by atoms with Gasteiger partial charge in [0, 0.05) is 0 Å². The summed E-state index contributed by atoms with van der Waals surface area (Å²) in [6.07, 6.45) is 0. The molecule has 0 aliphatic heterocycles. The lowest BCUT2D eigenvalue weighted by Crippen LogP contribution is -2.01. The predicted octanol–water partition coefficient (Wildman–Crippen LogP) is 6.17. The van der Waals surface area contributed by atoms with E-state index in [1.807, 2.05) is 0 Å². The molecule has 3 aromatic carbocycles. The van der Waals surface area contributed by atoms with Crippen LogP contribution in [0, 0.1) is 6.92 Å². The molecule has 0 unspecified atom stereocenters. The molecule has 0 atom stereocenters. The highest BCUT2D eigenvalue weighted by atomic mass is 32.2. The maximum Gasteiger partial charge on any atom is 0.169 e. The summed E-state index contributed by atoms with van der Waals surface area (Å²) in [5, 5.41) is 1.09. The van der Waals surface area contributed by atoms with E-state index < -0.39 is 0 Å². The Morgan fingerprint density at radius 3 is 2.38 bits per heavy atom. The Morgan fingerprint density at radius 1 is 0.885 bits per heavy atom.